The Morgan fingerprint density at radius 3 is 2.24 bits per heavy atom. The molecule has 1 aliphatic heterocycles. The predicted octanol–water partition coefficient (Wildman–Crippen LogP) is 2.04. The molecule has 1 N–H and O–H groups in total. The van der Waals surface area contributed by atoms with Crippen LogP contribution in [0.4, 0.5) is 4.79 Å². The van der Waals surface area contributed by atoms with Crippen LogP contribution in [0.2, 0.25) is 0 Å². The van der Waals surface area contributed by atoms with Crippen molar-refractivity contribution < 1.29 is 23.8 Å². The molecular weight excluding hydrogens is 326 g/mol. The highest BCUT2D eigenvalue weighted by molar-refractivity contribution is 5.96. The second kappa shape index (κ2) is 8.91. The highest BCUT2D eigenvalue weighted by atomic mass is 16.6. The van der Waals surface area contributed by atoms with E-state index in [1.807, 2.05) is 0 Å². The fourth-order valence-corrected chi connectivity index (χ4v) is 2.41. The van der Waals surface area contributed by atoms with Gasteiger partial charge in [0, 0.05) is 43.3 Å². The van der Waals surface area contributed by atoms with Crippen molar-refractivity contribution in [3.05, 3.63) is 23.8 Å². The van der Waals surface area contributed by atoms with E-state index in [9.17, 15) is 9.59 Å². The molecule has 1 aromatic rings. The zero-order valence-electron chi connectivity index (χ0n) is 14.7. The molecule has 136 valence electrons. The quantitative estimate of drug-likeness (QED) is 0.822. The lowest BCUT2D eigenvalue weighted by Crippen LogP contribution is -2.39. The molecular formula is C17H23N3O5. The number of carbonyl (C=O) groups is 2. The number of nitrogens with zero attached hydrogens (tertiary/aromatic N) is 2. The van der Waals surface area contributed by atoms with Gasteiger partial charge >= 0.3 is 6.09 Å². The largest absolute Gasteiger partial charge is 0.497 e. The Hall–Kier alpha value is -2.77. The molecule has 8 heteroatoms. The van der Waals surface area contributed by atoms with E-state index >= 15 is 0 Å². The molecule has 1 heterocycles. The van der Waals surface area contributed by atoms with Gasteiger partial charge in [-0.1, -0.05) is 0 Å². The Morgan fingerprint density at radius 2 is 1.72 bits per heavy atom. The number of ether oxygens (including phenoxy) is 3. The Kier molecular flexibility index (Phi) is 6.62. The zero-order chi connectivity index (χ0) is 18.2. The molecule has 25 heavy (non-hydrogen) atoms. The lowest BCUT2D eigenvalue weighted by Gasteiger charge is -2.26. The average Bonchev–Trinajstić information content (AvgIpc) is 2.66. The Balaban J connectivity index is 1.94. The fraction of sp³-hybridized carbons (Fsp3) is 0.471. The van der Waals surface area contributed by atoms with Crippen LogP contribution in [0.15, 0.2) is 23.3 Å². The first-order chi connectivity index (χ1) is 12.1. The van der Waals surface area contributed by atoms with Gasteiger partial charge in [0.1, 0.15) is 11.5 Å². The third kappa shape index (κ3) is 5.10. The molecule has 1 fully saturated rings. The van der Waals surface area contributed by atoms with Crippen LogP contribution in [0, 0.1) is 0 Å². The summed E-state index contributed by atoms with van der Waals surface area (Å²) in [6, 6.07) is 4.91. The van der Waals surface area contributed by atoms with Gasteiger partial charge in [-0.3, -0.25) is 4.79 Å². The van der Waals surface area contributed by atoms with Crippen molar-refractivity contribution in [3.63, 3.8) is 0 Å². The van der Waals surface area contributed by atoms with E-state index < -0.39 is 0 Å². The molecule has 0 bridgehead atoms. The molecule has 0 aliphatic carbocycles. The standard InChI is InChI=1S/C17H23N3O5/c1-4-25-17(22)20-7-5-13(6-8-20)18-19-16(21)12-9-14(23-2)11-15(10-12)24-3/h9-11H,4-8H2,1-3H3,(H,19,21). The van der Waals surface area contributed by atoms with Crippen LogP contribution < -0.4 is 14.9 Å². The van der Waals surface area contributed by atoms with Crippen LogP contribution in [-0.4, -0.2) is 56.5 Å². The first-order valence-corrected chi connectivity index (χ1v) is 8.08. The average molecular weight is 349 g/mol. The third-order valence-electron chi connectivity index (χ3n) is 3.80. The normalized spacial score (nSPS) is 13.9. The Morgan fingerprint density at radius 1 is 1.12 bits per heavy atom. The maximum atomic E-state index is 12.3. The highest BCUT2D eigenvalue weighted by Gasteiger charge is 2.21. The number of benzene rings is 1. The van der Waals surface area contributed by atoms with Gasteiger partial charge in [0.15, 0.2) is 0 Å². The molecule has 2 amide bonds. The number of likely N-dealkylation sites (tertiary alicyclic amines) is 1. The topological polar surface area (TPSA) is 89.5 Å². The monoisotopic (exact) mass is 349 g/mol. The molecule has 8 nitrogen and oxygen atoms in total. The van der Waals surface area contributed by atoms with Gasteiger partial charge in [-0.25, -0.2) is 10.2 Å². The van der Waals surface area contributed by atoms with Gasteiger partial charge in [0.25, 0.3) is 5.91 Å². The van der Waals surface area contributed by atoms with Crippen molar-refractivity contribution >= 4 is 17.7 Å². The summed E-state index contributed by atoms with van der Waals surface area (Å²) < 4.78 is 15.3. The van der Waals surface area contributed by atoms with Gasteiger partial charge in [-0.15, -0.1) is 0 Å². The first-order valence-electron chi connectivity index (χ1n) is 8.08. The van der Waals surface area contributed by atoms with E-state index in [-0.39, 0.29) is 12.0 Å². The molecule has 0 spiro atoms. The van der Waals surface area contributed by atoms with Crippen LogP contribution in [0.5, 0.6) is 11.5 Å². The molecule has 0 atom stereocenters. The molecule has 1 aromatic carbocycles. The minimum Gasteiger partial charge on any atom is -0.497 e. The van der Waals surface area contributed by atoms with Gasteiger partial charge in [0.05, 0.1) is 20.8 Å². The van der Waals surface area contributed by atoms with Crippen LogP contribution in [0.25, 0.3) is 0 Å². The number of hydrogen-bond acceptors (Lipinski definition) is 6. The summed E-state index contributed by atoms with van der Waals surface area (Å²) in [7, 11) is 3.04. The fourth-order valence-electron chi connectivity index (χ4n) is 2.41. The number of hydrogen-bond donors (Lipinski definition) is 1. The van der Waals surface area contributed by atoms with Crippen molar-refractivity contribution in [1.29, 1.82) is 0 Å². The van der Waals surface area contributed by atoms with Crippen molar-refractivity contribution in [3.8, 4) is 11.5 Å². The van der Waals surface area contributed by atoms with Gasteiger partial charge < -0.3 is 19.1 Å². The number of rotatable bonds is 5. The SMILES string of the molecule is CCOC(=O)N1CCC(=NNC(=O)c2cc(OC)cc(OC)c2)CC1. The Labute approximate surface area is 146 Å². The summed E-state index contributed by atoms with van der Waals surface area (Å²) in [5.41, 5.74) is 3.77. The van der Waals surface area contributed by atoms with Crippen LogP contribution in [0.1, 0.15) is 30.1 Å². The lowest BCUT2D eigenvalue weighted by atomic mass is 10.1. The molecule has 1 aliphatic rings. The molecule has 1 saturated heterocycles. The molecule has 0 saturated carbocycles. The zero-order valence-corrected chi connectivity index (χ0v) is 14.7. The van der Waals surface area contributed by atoms with Crippen LogP contribution in [0.3, 0.4) is 0 Å². The van der Waals surface area contributed by atoms with E-state index in [0.29, 0.717) is 49.6 Å². The smallest absolute Gasteiger partial charge is 0.409 e. The van der Waals surface area contributed by atoms with Crippen molar-refractivity contribution in [2.24, 2.45) is 5.10 Å². The van der Waals surface area contributed by atoms with E-state index in [2.05, 4.69) is 10.5 Å². The van der Waals surface area contributed by atoms with E-state index in [4.69, 9.17) is 14.2 Å². The highest BCUT2D eigenvalue weighted by Crippen LogP contribution is 2.22. The van der Waals surface area contributed by atoms with E-state index in [0.717, 1.165) is 5.71 Å². The minimum atomic E-state index is -0.350. The third-order valence-corrected chi connectivity index (χ3v) is 3.80. The number of amides is 2. The second-order valence-corrected chi connectivity index (χ2v) is 5.41. The van der Waals surface area contributed by atoms with Crippen LogP contribution in [-0.2, 0) is 4.74 Å². The number of carbonyl (C=O) groups excluding carboxylic acids is 2. The molecule has 0 unspecified atom stereocenters. The van der Waals surface area contributed by atoms with E-state index in [1.165, 1.54) is 14.2 Å². The second-order valence-electron chi connectivity index (χ2n) is 5.41. The Bertz CT molecular complexity index is 627. The first kappa shape index (κ1) is 18.6. The molecule has 0 radical (unpaired) electrons. The summed E-state index contributed by atoms with van der Waals surface area (Å²) in [4.78, 5) is 25.6. The summed E-state index contributed by atoms with van der Waals surface area (Å²) in [5, 5.41) is 4.17. The summed E-state index contributed by atoms with van der Waals surface area (Å²) in [6.45, 7) is 3.19. The lowest BCUT2D eigenvalue weighted by molar-refractivity contribution is 0.0951. The number of piperidine rings is 1. The predicted molar refractivity (Wildman–Crippen MR) is 92.3 cm³/mol. The minimum absolute atomic E-state index is 0.311. The maximum absolute atomic E-state index is 12.3. The van der Waals surface area contributed by atoms with Crippen molar-refractivity contribution in [1.82, 2.24) is 10.3 Å². The summed E-state index contributed by atoms with van der Waals surface area (Å²) in [6.07, 6.45) is 0.884. The van der Waals surface area contributed by atoms with Gasteiger partial charge in [-0.05, 0) is 19.1 Å². The van der Waals surface area contributed by atoms with Crippen molar-refractivity contribution in [2.75, 3.05) is 33.9 Å². The number of hydrazone groups is 1. The van der Waals surface area contributed by atoms with Gasteiger partial charge in [0.2, 0.25) is 0 Å². The summed E-state index contributed by atoms with van der Waals surface area (Å²) in [5.74, 6) is 0.706. The summed E-state index contributed by atoms with van der Waals surface area (Å²) >= 11 is 0. The number of methoxy groups -OCH3 is 2. The number of nitrogens with one attached hydrogen (secondary N) is 1. The maximum Gasteiger partial charge on any atom is 0.409 e. The van der Waals surface area contributed by atoms with Crippen molar-refractivity contribution in [2.45, 2.75) is 19.8 Å². The van der Waals surface area contributed by atoms with E-state index in [1.54, 1.807) is 30.0 Å². The van der Waals surface area contributed by atoms with Gasteiger partial charge in [-0.2, -0.15) is 5.10 Å². The van der Waals surface area contributed by atoms with Crippen LogP contribution >= 0.6 is 0 Å². The molecule has 0 aromatic heterocycles. The molecule has 2 rings (SSSR count).